The number of halogens is 3. The van der Waals surface area contributed by atoms with E-state index < -0.39 is 36.3 Å². The molecule has 3 aliphatic rings. The number of hydrogen-bond donors (Lipinski definition) is 3. The van der Waals surface area contributed by atoms with Crippen LogP contribution in [-0.2, 0) is 4.79 Å². The molecule has 4 atom stereocenters. The number of nitrogens with one attached hydrogen (secondary N) is 1. The number of pyridine rings is 1. The molecule has 1 saturated carbocycles. The van der Waals surface area contributed by atoms with Gasteiger partial charge in [-0.1, -0.05) is 0 Å². The second-order valence-electron chi connectivity index (χ2n) is 10.6. The Balaban J connectivity index is 1.36. The first-order valence-electron chi connectivity index (χ1n) is 12.6. The number of ether oxygens (including phenoxy) is 1. The summed E-state index contributed by atoms with van der Waals surface area (Å²) in [5.74, 6) is -4.59. The van der Waals surface area contributed by atoms with Gasteiger partial charge in [-0.05, 0) is 50.1 Å². The lowest BCUT2D eigenvalue weighted by molar-refractivity contribution is -0.124. The highest BCUT2D eigenvalue weighted by Gasteiger charge is 2.65. The van der Waals surface area contributed by atoms with E-state index in [1.807, 2.05) is 0 Å². The van der Waals surface area contributed by atoms with E-state index in [-0.39, 0.29) is 46.5 Å². The van der Waals surface area contributed by atoms with Crippen molar-refractivity contribution in [2.24, 2.45) is 23.5 Å². The third kappa shape index (κ3) is 4.84. The van der Waals surface area contributed by atoms with Crippen molar-refractivity contribution in [3.63, 3.8) is 0 Å². The standard InChI is InChI=1S/C25H31F3N6O4/c1-38-21-6-16(18(26)10-30-21)19-7-20(32-31-19)23(37)34-5-3-14(22(29)36)8-24(34)9-17(24)15-2-4-33(11-15)12-25(27,28)13-35/h6-7,10,14-15,17,35H,2-5,8-9,11-13H2,1H3,(H2,29,36)(H,31,32)/t14?,15-,17?,24?/m0/s1. The number of rotatable bonds is 8. The third-order valence-corrected chi connectivity index (χ3v) is 8.28. The van der Waals surface area contributed by atoms with Crippen LogP contribution >= 0.6 is 0 Å². The number of likely N-dealkylation sites (tertiary alicyclic amines) is 2. The maximum absolute atomic E-state index is 14.4. The Morgan fingerprint density at radius 2 is 2.08 bits per heavy atom. The fraction of sp³-hybridized carbons (Fsp3) is 0.600. The number of aromatic amines is 1. The van der Waals surface area contributed by atoms with Crippen LogP contribution in [0.15, 0.2) is 18.3 Å². The molecule has 0 bridgehead atoms. The lowest BCUT2D eigenvalue weighted by Gasteiger charge is -2.40. The van der Waals surface area contributed by atoms with Gasteiger partial charge < -0.3 is 20.5 Å². The van der Waals surface area contributed by atoms with Crippen molar-refractivity contribution in [1.29, 1.82) is 0 Å². The third-order valence-electron chi connectivity index (χ3n) is 8.28. The summed E-state index contributed by atoms with van der Waals surface area (Å²) >= 11 is 0. The fourth-order valence-electron chi connectivity index (χ4n) is 6.32. The minimum Gasteiger partial charge on any atom is -0.481 e. The molecule has 2 aromatic rings. The molecule has 0 radical (unpaired) electrons. The van der Waals surface area contributed by atoms with Gasteiger partial charge >= 0.3 is 0 Å². The zero-order valence-electron chi connectivity index (χ0n) is 21.0. The number of carbonyl (C=O) groups excluding carboxylic acids is 2. The molecule has 206 valence electrons. The Hall–Kier alpha value is -3.19. The van der Waals surface area contributed by atoms with Crippen molar-refractivity contribution >= 4 is 11.8 Å². The van der Waals surface area contributed by atoms with Gasteiger partial charge in [-0.2, -0.15) is 5.10 Å². The summed E-state index contributed by atoms with van der Waals surface area (Å²) < 4.78 is 47.0. The number of piperidine rings is 1. The van der Waals surface area contributed by atoms with Gasteiger partial charge in [-0.3, -0.25) is 19.6 Å². The summed E-state index contributed by atoms with van der Waals surface area (Å²) in [6, 6.07) is 2.86. The van der Waals surface area contributed by atoms with Gasteiger partial charge in [-0.25, -0.2) is 18.2 Å². The average Bonchev–Trinajstić information content (AvgIpc) is 3.23. The lowest BCUT2D eigenvalue weighted by atomic mass is 9.84. The van der Waals surface area contributed by atoms with Gasteiger partial charge in [-0.15, -0.1) is 0 Å². The van der Waals surface area contributed by atoms with Crippen molar-refractivity contribution in [2.45, 2.75) is 37.1 Å². The predicted molar refractivity (Wildman–Crippen MR) is 129 cm³/mol. The second-order valence-corrected chi connectivity index (χ2v) is 10.6. The van der Waals surface area contributed by atoms with Crippen molar-refractivity contribution in [3.05, 3.63) is 29.8 Å². The molecule has 1 aliphatic carbocycles. The zero-order valence-corrected chi connectivity index (χ0v) is 21.0. The molecular formula is C25H31F3N6O4. The summed E-state index contributed by atoms with van der Waals surface area (Å²) in [6.45, 7) is -0.493. The Morgan fingerprint density at radius 1 is 1.29 bits per heavy atom. The minimum absolute atomic E-state index is 0.0330. The average molecular weight is 537 g/mol. The largest absolute Gasteiger partial charge is 0.481 e. The number of nitrogens with two attached hydrogens (primary N) is 1. The maximum Gasteiger partial charge on any atom is 0.283 e. The Kier molecular flexibility index (Phi) is 6.84. The second kappa shape index (κ2) is 9.84. The molecule has 3 fully saturated rings. The SMILES string of the molecule is COc1cc(-c2cc(C(=O)N3CCC(C(N)=O)CC34CC4[C@H]3CCN(CC(F)(F)CO)C3)[nH]n2)c(F)cn1. The van der Waals surface area contributed by atoms with E-state index in [0.717, 1.165) is 6.20 Å². The fourth-order valence-corrected chi connectivity index (χ4v) is 6.32. The van der Waals surface area contributed by atoms with Crippen molar-refractivity contribution in [1.82, 2.24) is 25.0 Å². The van der Waals surface area contributed by atoms with Crippen LogP contribution < -0.4 is 10.5 Å². The Morgan fingerprint density at radius 3 is 2.79 bits per heavy atom. The summed E-state index contributed by atoms with van der Waals surface area (Å²) in [5.41, 5.74) is 5.55. The van der Waals surface area contributed by atoms with E-state index in [1.165, 1.54) is 19.2 Å². The highest BCUT2D eigenvalue weighted by atomic mass is 19.3. The smallest absolute Gasteiger partial charge is 0.283 e. The number of methoxy groups -OCH3 is 1. The molecule has 1 spiro atoms. The van der Waals surface area contributed by atoms with Crippen LogP contribution in [0.5, 0.6) is 5.88 Å². The van der Waals surface area contributed by atoms with E-state index in [4.69, 9.17) is 15.6 Å². The van der Waals surface area contributed by atoms with Gasteiger partial charge in [0.05, 0.1) is 25.5 Å². The maximum atomic E-state index is 14.4. The summed E-state index contributed by atoms with van der Waals surface area (Å²) in [4.78, 5) is 33.0. The molecule has 38 heavy (non-hydrogen) atoms. The lowest BCUT2D eigenvalue weighted by Crippen LogP contribution is -2.52. The summed E-state index contributed by atoms with van der Waals surface area (Å²) in [5, 5.41) is 15.8. The van der Waals surface area contributed by atoms with Crippen LogP contribution in [0, 0.1) is 23.6 Å². The van der Waals surface area contributed by atoms with Gasteiger partial charge in [0, 0.05) is 36.2 Å². The summed E-state index contributed by atoms with van der Waals surface area (Å²) in [6.07, 6.45) is 3.19. The topological polar surface area (TPSA) is 138 Å². The van der Waals surface area contributed by atoms with E-state index in [9.17, 15) is 22.8 Å². The quantitative estimate of drug-likeness (QED) is 0.467. The number of alkyl halides is 2. The van der Waals surface area contributed by atoms with Gasteiger partial charge in [0.1, 0.15) is 12.3 Å². The molecule has 3 unspecified atom stereocenters. The van der Waals surface area contributed by atoms with E-state index >= 15 is 0 Å². The molecule has 2 saturated heterocycles. The van der Waals surface area contributed by atoms with E-state index in [0.29, 0.717) is 45.3 Å². The number of amides is 2. The first-order chi connectivity index (χ1) is 18.1. The minimum atomic E-state index is -3.17. The van der Waals surface area contributed by atoms with Crippen molar-refractivity contribution in [3.8, 4) is 17.1 Å². The molecule has 2 aromatic heterocycles. The van der Waals surface area contributed by atoms with Crippen LogP contribution in [0.1, 0.15) is 36.2 Å². The van der Waals surface area contributed by atoms with Crippen LogP contribution in [0.25, 0.3) is 11.3 Å². The zero-order chi connectivity index (χ0) is 27.2. The Bertz CT molecular complexity index is 1230. The number of aliphatic hydroxyl groups excluding tert-OH is 1. The highest BCUT2D eigenvalue weighted by Crippen LogP contribution is 2.60. The number of H-pyrrole nitrogens is 1. The molecule has 10 nitrogen and oxygen atoms in total. The predicted octanol–water partition coefficient (Wildman–Crippen LogP) is 1.67. The molecular weight excluding hydrogens is 505 g/mol. The van der Waals surface area contributed by atoms with Gasteiger partial charge in [0.25, 0.3) is 11.8 Å². The molecule has 0 aromatic carbocycles. The first-order valence-corrected chi connectivity index (χ1v) is 12.6. The highest BCUT2D eigenvalue weighted by molar-refractivity contribution is 5.94. The van der Waals surface area contributed by atoms with Crippen LogP contribution in [0.2, 0.25) is 0 Å². The summed E-state index contributed by atoms with van der Waals surface area (Å²) in [7, 11) is 1.41. The molecule has 2 aliphatic heterocycles. The van der Waals surface area contributed by atoms with Crippen LogP contribution in [0.3, 0.4) is 0 Å². The number of aliphatic hydroxyl groups is 1. The normalized spacial score (nSPS) is 27.6. The van der Waals surface area contributed by atoms with Crippen molar-refractivity contribution < 1.29 is 32.6 Å². The number of aromatic nitrogens is 3. The van der Waals surface area contributed by atoms with Crippen molar-refractivity contribution in [2.75, 3.05) is 39.9 Å². The van der Waals surface area contributed by atoms with E-state index in [1.54, 1.807) is 9.80 Å². The monoisotopic (exact) mass is 536 g/mol. The molecule has 4 N–H and O–H groups in total. The van der Waals surface area contributed by atoms with Gasteiger partial charge in [0.15, 0.2) is 5.82 Å². The molecule has 2 amide bonds. The van der Waals surface area contributed by atoms with E-state index in [2.05, 4.69) is 15.2 Å². The number of carbonyl (C=O) groups is 2. The Labute approximate surface area is 217 Å². The van der Waals surface area contributed by atoms with Crippen LogP contribution in [0.4, 0.5) is 13.2 Å². The van der Waals surface area contributed by atoms with Crippen LogP contribution in [-0.4, -0.2) is 93.3 Å². The number of hydrogen-bond acceptors (Lipinski definition) is 7. The molecule has 5 rings (SSSR count). The van der Waals surface area contributed by atoms with Gasteiger partial charge in [0.2, 0.25) is 11.8 Å². The number of nitrogens with zero attached hydrogens (tertiary/aromatic N) is 4. The molecule has 13 heteroatoms. The number of primary amides is 1. The first kappa shape index (κ1) is 26.4. The molecule has 4 heterocycles.